The quantitative estimate of drug-likeness (QED) is 0.728. The zero-order valence-corrected chi connectivity index (χ0v) is 16.4. The van der Waals surface area contributed by atoms with Crippen LogP contribution in [-0.2, 0) is 23.9 Å². The lowest BCUT2D eigenvalue weighted by Gasteiger charge is -2.34. The van der Waals surface area contributed by atoms with E-state index >= 15 is 0 Å². The average molecular weight is 404 g/mol. The first kappa shape index (κ1) is 20.8. The summed E-state index contributed by atoms with van der Waals surface area (Å²) < 4.78 is 10.1. The fraction of sp³-hybridized carbons (Fsp3) is 0.500. The fourth-order valence-corrected chi connectivity index (χ4v) is 3.60. The summed E-state index contributed by atoms with van der Waals surface area (Å²) in [5, 5.41) is 9.35. The van der Waals surface area contributed by atoms with E-state index in [0.29, 0.717) is 24.3 Å². The van der Waals surface area contributed by atoms with Gasteiger partial charge < -0.3 is 24.4 Å². The van der Waals surface area contributed by atoms with Crippen molar-refractivity contribution < 1.29 is 33.8 Å². The SMILES string of the molecule is CC(=O)O[C@@H](C(=O)O)[C@H]1OCCN(c2ccc(C)c(C(=O)N3CCCC3)c2)C1=O. The number of carbonyl (C=O) groups is 4. The molecule has 0 unspecified atom stereocenters. The Morgan fingerprint density at radius 2 is 1.90 bits per heavy atom. The Balaban J connectivity index is 1.86. The lowest BCUT2D eigenvalue weighted by atomic mass is 10.0. The number of rotatable bonds is 5. The largest absolute Gasteiger partial charge is 0.478 e. The number of amides is 2. The summed E-state index contributed by atoms with van der Waals surface area (Å²) in [7, 11) is 0. The smallest absolute Gasteiger partial charge is 0.348 e. The maximum Gasteiger partial charge on any atom is 0.348 e. The van der Waals surface area contributed by atoms with Crippen molar-refractivity contribution in [3.8, 4) is 0 Å². The van der Waals surface area contributed by atoms with Gasteiger partial charge in [0.1, 0.15) is 0 Å². The number of benzene rings is 1. The van der Waals surface area contributed by atoms with Crippen molar-refractivity contribution in [2.24, 2.45) is 0 Å². The third-order valence-electron chi connectivity index (χ3n) is 5.09. The van der Waals surface area contributed by atoms with Crippen LogP contribution in [0.2, 0.25) is 0 Å². The van der Waals surface area contributed by atoms with E-state index in [2.05, 4.69) is 0 Å². The summed E-state index contributed by atoms with van der Waals surface area (Å²) in [6, 6.07) is 5.12. The van der Waals surface area contributed by atoms with E-state index in [0.717, 1.165) is 25.3 Å². The molecule has 2 aliphatic rings. The van der Waals surface area contributed by atoms with Gasteiger partial charge in [0.05, 0.1) is 6.61 Å². The Morgan fingerprint density at radius 1 is 1.21 bits per heavy atom. The van der Waals surface area contributed by atoms with Crippen LogP contribution in [0.4, 0.5) is 5.69 Å². The van der Waals surface area contributed by atoms with Crippen LogP contribution in [-0.4, -0.2) is 72.2 Å². The van der Waals surface area contributed by atoms with Crippen molar-refractivity contribution in [3.63, 3.8) is 0 Å². The van der Waals surface area contributed by atoms with Gasteiger partial charge in [-0.1, -0.05) is 6.07 Å². The highest BCUT2D eigenvalue weighted by Gasteiger charge is 2.42. The van der Waals surface area contributed by atoms with Crippen LogP contribution < -0.4 is 4.90 Å². The first-order chi connectivity index (χ1) is 13.8. The molecule has 0 saturated carbocycles. The molecule has 2 saturated heterocycles. The normalized spacial score (nSPS) is 20.5. The number of ether oxygens (including phenoxy) is 2. The number of aryl methyl sites for hydroxylation is 1. The van der Waals surface area contributed by atoms with Crippen molar-refractivity contribution >= 4 is 29.4 Å². The number of likely N-dealkylation sites (tertiary alicyclic amines) is 1. The van der Waals surface area contributed by atoms with E-state index in [-0.39, 0.29) is 19.1 Å². The monoisotopic (exact) mass is 404 g/mol. The molecular weight excluding hydrogens is 380 g/mol. The third kappa shape index (κ3) is 4.40. The summed E-state index contributed by atoms with van der Waals surface area (Å²) >= 11 is 0. The zero-order valence-electron chi connectivity index (χ0n) is 16.4. The first-order valence-electron chi connectivity index (χ1n) is 9.52. The fourth-order valence-electron chi connectivity index (χ4n) is 3.60. The Bertz CT molecular complexity index is 832. The molecule has 2 fully saturated rings. The van der Waals surface area contributed by atoms with Gasteiger partial charge in [0.15, 0.2) is 6.10 Å². The summed E-state index contributed by atoms with van der Waals surface area (Å²) in [5.74, 6) is -3.00. The second-order valence-corrected chi connectivity index (χ2v) is 7.15. The summed E-state index contributed by atoms with van der Waals surface area (Å²) in [5.41, 5.74) is 1.78. The van der Waals surface area contributed by atoms with Crippen molar-refractivity contribution in [2.45, 2.75) is 38.9 Å². The number of nitrogens with zero attached hydrogens (tertiary/aromatic N) is 2. The van der Waals surface area contributed by atoms with Gasteiger partial charge in [0.2, 0.25) is 6.10 Å². The molecule has 3 rings (SSSR count). The summed E-state index contributed by atoms with van der Waals surface area (Å²) in [6.45, 7) is 4.59. The Kier molecular flexibility index (Phi) is 6.17. The van der Waals surface area contributed by atoms with Gasteiger partial charge in [0.25, 0.3) is 11.8 Å². The molecule has 0 radical (unpaired) electrons. The van der Waals surface area contributed by atoms with Gasteiger partial charge in [0, 0.05) is 37.8 Å². The molecule has 0 aliphatic carbocycles. The third-order valence-corrected chi connectivity index (χ3v) is 5.09. The number of aliphatic carboxylic acids is 1. The lowest BCUT2D eigenvalue weighted by molar-refractivity contribution is -0.177. The first-order valence-corrected chi connectivity index (χ1v) is 9.52. The van der Waals surface area contributed by atoms with Crippen molar-refractivity contribution in [3.05, 3.63) is 29.3 Å². The minimum Gasteiger partial charge on any atom is -0.478 e. The van der Waals surface area contributed by atoms with E-state index in [9.17, 15) is 24.3 Å². The van der Waals surface area contributed by atoms with Crippen LogP contribution in [0.25, 0.3) is 0 Å². The van der Waals surface area contributed by atoms with Gasteiger partial charge >= 0.3 is 11.9 Å². The maximum atomic E-state index is 12.9. The Morgan fingerprint density at radius 3 is 2.52 bits per heavy atom. The Hall–Kier alpha value is -2.94. The molecule has 1 aromatic carbocycles. The molecule has 9 heteroatoms. The predicted octanol–water partition coefficient (Wildman–Crippen LogP) is 0.979. The number of carboxylic acid groups (broad SMARTS) is 1. The predicted molar refractivity (Wildman–Crippen MR) is 102 cm³/mol. The summed E-state index contributed by atoms with van der Waals surface area (Å²) in [6.07, 6.45) is -1.25. The van der Waals surface area contributed by atoms with Crippen LogP contribution in [0.1, 0.15) is 35.7 Å². The zero-order chi connectivity index (χ0) is 21.1. The average Bonchev–Trinajstić information content (AvgIpc) is 3.21. The van der Waals surface area contributed by atoms with Crippen LogP contribution in [0.5, 0.6) is 0 Å². The molecule has 1 aromatic rings. The minimum atomic E-state index is -1.74. The van der Waals surface area contributed by atoms with Crippen molar-refractivity contribution in [2.75, 3.05) is 31.1 Å². The molecule has 1 N–H and O–H groups in total. The molecule has 2 aliphatic heterocycles. The van der Waals surface area contributed by atoms with Crippen LogP contribution in [0.3, 0.4) is 0 Å². The second kappa shape index (κ2) is 8.60. The molecule has 0 bridgehead atoms. The number of morpholine rings is 1. The van der Waals surface area contributed by atoms with Crippen molar-refractivity contribution in [1.29, 1.82) is 0 Å². The van der Waals surface area contributed by atoms with Gasteiger partial charge in [-0.3, -0.25) is 14.4 Å². The number of carboxylic acids is 1. The van der Waals surface area contributed by atoms with Crippen LogP contribution >= 0.6 is 0 Å². The molecule has 2 heterocycles. The molecular formula is C20H24N2O7. The van der Waals surface area contributed by atoms with Gasteiger partial charge in [-0.2, -0.15) is 0 Å². The lowest BCUT2D eigenvalue weighted by Crippen LogP contribution is -2.55. The minimum absolute atomic E-state index is 0.0741. The molecule has 0 spiro atoms. The number of hydrogen-bond donors (Lipinski definition) is 1. The number of esters is 1. The molecule has 2 amide bonds. The Labute approximate surface area is 168 Å². The standard InChI is InChI=1S/C20H24N2O7/c1-12-5-6-14(11-15(12)18(24)21-7-3-4-8-21)22-9-10-28-16(19(22)25)17(20(26)27)29-13(2)23/h5-6,11,16-17H,3-4,7-10H2,1-2H3,(H,26,27)/t16-,17-/m1/s1. The van der Waals surface area contributed by atoms with E-state index in [1.165, 1.54) is 4.90 Å². The number of anilines is 1. The highest BCUT2D eigenvalue weighted by molar-refractivity contribution is 6.02. The molecule has 2 atom stereocenters. The molecule has 29 heavy (non-hydrogen) atoms. The van der Waals surface area contributed by atoms with Gasteiger partial charge in [-0.15, -0.1) is 0 Å². The molecule has 156 valence electrons. The van der Waals surface area contributed by atoms with E-state index in [1.54, 1.807) is 23.1 Å². The van der Waals surface area contributed by atoms with Gasteiger partial charge in [-0.25, -0.2) is 4.79 Å². The topological polar surface area (TPSA) is 113 Å². The van der Waals surface area contributed by atoms with Crippen LogP contribution in [0, 0.1) is 6.92 Å². The van der Waals surface area contributed by atoms with Gasteiger partial charge in [-0.05, 0) is 37.5 Å². The second-order valence-electron chi connectivity index (χ2n) is 7.15. The summed E-state index contributed by atoms with van der Waals surface area (Å²) in [4.78, 5) is 51.6. The van der Waals surface area contributed by atoms with E-state index < -0.39 is 30.1 Å². The highest BCUT2D eigenvalue weighted by Crippen LogP contribution is 2.26. The number of carbonyl (C=O) groups excluding carboxylic acids is 3. The molecule has 0 aromatic heterocycles. The number of hydrogen-bond acceptors (Lipinski definition) is 6. The van der Waals surface area contributed by atoms with E-state index in [1.807, 2.05) is 6.92 Å². The maximum absolute atomic E-state index is 12.9. The molecule has 9 nitrogen and oxygen atoms in total. The van der Waals surface area contributed by atoms with Crippen molar-refractivity contribution in [1.82, 2.24) is 4.90 Å². The van der Waals surface area contributed by atoms with Crippen LogP contribution in [0.15, 0.2) is 18.2 Å². The van der Waals surface area contributed by atoms with E-state index in [4.69, 9.17) is 9.47 Å². The highest BCUT2D eigenvalue weighted by atomic mass is 16.6.